The summed E-state index contributed by atoms with van der Waals surface area (Å²) in [5, 5.41) is 9.23. The van der Waals surface area contributed by atoms with Crippen LogP contribution >= 0.6 is 15.9 Å². The molecule has 0 unspecified atom stereocenters. The van der Waals surface area contributed by atoms with Crippen molar-refractivity contribution in [3.63, 3.8) is 0 Å². The summed E-state index contributed by atoms with van der Waals surface area (Å²) in [6.45, 7) is 8.26. The maximum Gasteiger partial charge on any atom is 0.494 e. The summed E-state index contributed by atoms with van der Waals surface area (Å²) in [6, 6.07) is 76.4. The molecule has 0 saturated carbocycles. The van der Waals surface area contributed by atoms with E-state index in [-0.39, 0.29) is 11.2 Å². The number of hydrogen-bond acceptors (Lipinski definition) is 8. The largest absolute Gasteiger partial charge is 0.494 e. The highest BCUT2D eigenvalue weighted by atomic mass is 79.9. The Morgan fingerprint density at radius 1 is 0.357 bits per heavy atom. The molecule has 10 nitrogen and oxygen atoms in total. The molecular formula is C72H52BBrN8O2. The zero-order chi connectivity index (χ0) is 56.7. The molecule has 12 heteroatoms. The second-order valence-corrected chi connectivity index (χ2v) is 23.3. The molecule has 1 fully saturated rings. The lowest BCUT2D eigenvalue weighted by atomic mass is 9.78. The molecule has 1 aliphatic rings. The second-order valence-electron chi connectivity index (χ2n) is 22.3. The fourth-order valence-electron chi connectivity index (χ4n) is 11.6. The molecule has 0 N–H and O–H groups in total. The average Bonchev–Trinajstić information content (AvgIpc) is 2.00. The minimum absolute atomic E-state index is 0.390. The lowest BCUT2D eigenvalue weighted by Gasteiger charge is -2.32. The average molecular weight is 1150 g/mol. The number of fused-ring (bicyclic) bond motifs is 18. The van der Waals surface area contributed by atoms with Crippen molar-refractivity contribution in [2.45, 2.75) is 38.9 Å². The standard InChI is InChI=1S/C33H20N4.C23H21BN4O2.C16H11Br/c1-2-6-24-19-25(14-13-21(24)5-1)22-9-11-23(12-10-22)26-15-16-27-28(20-26)31-33(35-18-17-34-31)37-30-8-4-3-7-29(30)36-32(27)37;1-22(2)23(3,4)30-24(29-22)14-9-10-15-16(13-14)19-21(26-12-11-25-19)28-18-8-6-5-7-17(18)27-20(15)28;17-16-9-7-13(8-10-16)15-6-5-12-3-1-2-4-14(12)11-15/h1-20H;5-13H,1-4H3;1-11H. The van der Waals surface area contributed by atoms with Crippen molar-refractivity contribution in [2.75, 3.05) is 0 Å². The van der Waals surface area contributed by atoms with Gasteiger partial charge < -0.3 is 9.31 Å². The van der Waals surface area contributed by atoms with Crippen LogP contribution in [0.3, 0.4) is 0 Å². The smallest absolute Gasteiger partial charge is 0.399 e. The Kier molecular flexibility index (Phi) is 12.4. The first-order chi connectivity index (χ1) is 41.0. The quantitative estimate of drug-likeness (QED) is 0.127. The first kappa shape index (κ1) is 51.2. The summed E-state index contributed by atoms with van der Waals surface area (Å²) in [6.07, 6.45) is 6.96. The van der Waals surface area contributed by atoms with Crippen molar-refractivity contribution in [2.24, 2.45) is 0 Å². The highest BCUT2D eigenvalue weighted by molar-refractivity contribution is 9.10. The number of nitrogens with zero attached hydrogens (tertiary/aromatic N) is 8. The van der Waals surface area contributed by atoms with Gasteiger partial charge in [-0.15, -0.1) is 0 Å². The third-order valence-electron chi connectivity index (χ3n) is 16.7. The van der Waals surface area contributed by atoms with Gasteiger partial charge in [0.15, 0.2) is 11.3 Å². The van der Waals surface area contributed by atoms with Gasteiger partial charge in [-0.2, -0.15) is 0 Å². The number of benzene rings is 10. The molecule has 0 atom stereocenters. The molecule has 0 radical (unpaired) electrons. The molecular weight excluding hydrogens is 1100 g/mol. The van der Waals surface area contributed by atoms with Crippen LogP contribution in [0.15, 0.2) is 248 Å². The highest BCUT2D eigenvalue weighted by Gasteiger charge is 2.51. The topological polar surface area (TPSA) is 105 Å². The number of aromatic nitrogens is 8. The Morgan fingerprint density at radius 3 is 1.26 bits per heavy atom. The molecule has 1 saturated heterocycles. The van der Waals surface area contributed by atoms with Crippen molar-refractivity contribution in [3.05, 3.63) is 248 Å². The maximum absolute atomic E-state index is 6.27. The molecule has 6 aromatic heterocycles. The van der Waals surface area contributed by atoms with Gasteiger partial charge in [0.2, 0.25) is 0 Å². The van der Waals surface area contributed by atoms with Gasteiger partial charge in [-0.25, -0.2) is 19.9 Å². The maximum atomic E-state index is 6.27. The van der Waals surface area contributed by atoms with E-state index in [0.717, 1.165) is 98.3 Å². The van der Waals surface area contributed by atoms with Gasteiger partial charge in [0, 0.05) is 50.8 Å². The summed E-state index contributed by atoms with van der Waals surface area (Å²) in [5.74, 6) is 0. The van der Waals surface area contributed by atoms with E-state index in [1.807, 2.05) is 36.4 Å². The highest BCUT2D eigenvalue weighted by Crippen LogP contribution is 2.39. The van der Waals surface area contributed by atoms with Gasteiger partial charge in [0.25, 0.3) is 0 Å². The Balaban J connectivity index is 0.000000114. The third-order valence-corrected chi connectivity index (χ3v) is 17.2. The molecule has 7 heterocycles. The monoisotopic (exact) mass is 1150 g/mol. The molecule has 1 aliphatic heterocycles. The van der Waals surface area contributed by atoms with Gasteiger partial charge in [-0.1, -0.05) is 174 Å². The number of imidazole rings is 2. The normalized spacial score (nSPS) is 13.8. The molecule has 17 rings (SSSR count). The van der Waals surface area contributed by atoms with Crippen molar-refractivity contribution in [3.8, 4) is 33.4 Å². The summed E-state index contributed by atoms with van der Waals surface area (Å²) >= 11 is 3.46. The zero-order valence-corrected chi connectivity index (χ0v) is 48.0. The first-order valence-corrected chi connectivity index (χ1v) is 28.9. The summed E-state index contributed by atoms with van der Waals surface area (Å²) < 4.78 is 17.9. The van der Waals surface area contributed by atoms with Crippen LogP contribution in [0.5, 0.6) is 0 Å². The lowest BCUT2D eigenvalue weighted by molar-refractivity contribution is 0.00578. The van der Waals surface area contributed by atoms with E-state index in [0.29, 0.717) is 0 Å². The van der Waals surface area contributed by atoms with E-state index < -0.39 is 7.12 Å². The van der Waals surface area contributed by atoms with Gasteiger partial charge >= 0.3 is 7.12 Å². The Labute approximate surface area is 492 Å². The van der Waals surface area contributed by atoms with E-state index in [1.54, 1.807) is 24.8 Å². The van der Waals surface area contributed by atoms with Gasteiger partial charge in [0.05, 0.1) is 33.3 Å². The van der Waals surface area contributed by atoms with Crippen LogP contribution in [0.1, 0.15) is 27.7 Å². The van der Waals surface area contributed by atoms with E-state index in [1.165, 1.54) is 43.8 Å². The van der Waals surface area contributed by atoms with Gasteiger partial charge in [-0.05, 0) is 149 Å². The zero-order valence-electron chi connectivity index (χ0n) is 46.4. The molecule has 10 aromatic carbocycles. The van der Waals surface area contributed by atoms with E-state index in [2.05, 4.69) is 244 Å². The molecule has 0 bridgehead atoms. The van der Waals surface area contributed by atoms with Crippen molar-refractivity contribution in [1.29, 1.82) is 0 Å². The van der Waals surface area contributed by atoms with Crippen molar-refractivity contribution < 1.29 is 9.31 Å². The van der Waals surface area contributed by atoms with E-state index >= 15 is 0 Å². The molecule has 0 spiro atoms. The fraction of sp³-hybridized carbons (Fsp3) is 0.0833. The van der Waals surface area contributed by atoms with E-state index in [9.17, 15) is 0 Å². The lowest BCUT2D eigenvalue weighted by Crippen LogP contribution is -2.41. The number of hydrogen-bond donors (Lipinski definition) is 0. The van der Waals surface area contributed by atoms with Gasteiger partial charge in [-0.3, -0.25) is 18.8 Å². The molecule has 84 heavy (non-hydrogen) atoms. The number of rotatable bonds is 4. The summed E-state index contributed by atoms with van der Waals surface area (Å²) in [4.78, 5) is 28.6. The summed E-state index contributed by atoms with van der Waals surface area (Å²) in [5.41, 5.74) is 16.5. The number of halogens is 1. The summed E-state index contributed by atoms with van der Waals surface area (Å²) in [7, 11) is -0.429. The van der Waals surface area contributed by atoms with Crippen LogP contribution in [-0.4, -0.2) is 57.0 Å². The van der Waals surface area contributed by atoms with Crippen LogP contribution in [0.4, 0.5) is 0 Å². The van der Waals surface area contributed by atoms with Crippen LogP contribution in [-0.2, 0) is 9.31 Å². The van der Waals surface area contributed by atoms with Gasteiger partial charge in [0.1, 0.15) is 22.3 Å². The predicted molar refractivity (Wildman–Crippen MR) is 348 cm³/mol. The minimum Gasteiger partial charge on any atom is -0.399 e. The number of pyridine rings is 2. The van der Waals surface area contributed by atoms with Crippen LogP contribution in [0.2, 0.25) is 0 Å². The molecule has 0 amide bonds. The van der Waals surface area contributed by atoms with E-state index in [4.69, 9.17) is 29.2 Å². The Hall–Kier alpha value is -9.72. The third kappa shape index (κ3) is 8.89. The van der Waals surface area contributed by atoms with Crippen LogP contribution < -0.4 is 5.46 Å². The molecule has 0 aliphatic carbocycles. The molecule has 16 aromatic rings. The SMILES string of the molecule is Brc1ccc(-c2ccc3ccccc3c2)cc1.CC1(C)OB(c2ccc3c(c2)c2nccnc2n2c4ccccc4nc32)OC1(C)C.c1ccc2cc(-c3ccc(-c4ccc5c(c4)c4nccnc4n4c6ccccc6nc54)cc3)ccc2c1. The second kappa shape index (κ2) is 20.3. The van der Waals surface area contributed by atoms with Crippen LogP contribution in [0, 0.1) is 0 Å². The van der Waals surface area contributed by atoms with Crippen LogP contribution in [0.25, 0.3) is 132 Å². The first-order valence-electron chi connectivity index (χ1n) is 28.1. The molecule has 402 valence electrons. The Bertz CT molecular complexity index is 5240. The Morgan fingerprint density at radius 2 is 0.750 bits per heavy atom. The minimum atomic E-state index is -0.429. The van der Waals surface area contributed by atoms with Crippen molar-refractivity contribution in [1.82, 2.24) is 38.7 Å². The van der Waals surface area contributed by atoms with Crippen molar-refractivity contribution >= 4 is 127 Å². The number of para-hydroxylation sites is 4. The fourth-order valence-corrected chi connectivity index (χ4v) is 11.9. The predicted octanol–water partition coefficient (Wildman–Crippen LogP) is 17.2.